The Kier molecular flexibility index (Phi) is 3.49. The summed E-state index contributed by atoms with van der Waals surface area (Å²) in [5, 5.41) is 3.67. The number of likely N-dealkylation sites (tertiary alicyclic amines) is 1. The summed E-state index contributed by atoms with van der Waals surface area (Å²) >= 11 is 0. The molecular formula is C14H26N2. The van der Waals surface area contributed by atoms with E-state index in [-0.39, 0.29) is 0 Å². The molecule has 0 aromatic carbocycles. The van der Waals surface area contributed by atoms with Crippen LogP contribution in [-0.4, -0.2) is 37.1 Å². The number of fused-ring (bicyclic) bond motifs is 1. The van der Waals surface area contributed by atoms with Crippen molar-refractivity contribution in [3.63, 3.8) is 0 Å². The Morgan fingerprint density at radius 3 is 2.44 bits per heavy atom. The normalized spacial score (nSPS) is 40.1. The van der Waals surface area contributed by atoms with Crippen molar-refractivity contribution in [3.8, 4) is 0 Å². The lowest BCUT2D eigenvalue weighted by Gasteiger charge is -2.26. The minimum atomic E-state index is 0.828. The molecule has 0 radical (unpaired) electrons. The summed E-state index contributed by atoms with van der Waals surface area (Å²) in [6, 6.07) is 0.828. The summed E-state index contributed by atoms with van der Waals surface area (Å²) in [7, 11) is 0. The first kappa shape index (κ1) is 11.0. The van der Waals surface area contributed by atoms with Crippen molar-refractivity contribution in [2.75, 3.05) is 26.2 Å². The van der Waals surface area contributed by atoms with E-state index in [0.29, 0.717) is 0 Å². The Morgan fingerprint density at radius 2 is 1.75 bits per heavy atom. The van der Waals surface area contributed by atoms with Crippen LogP contribution in [0.2, 0.25) is 0 Å². The first-order chi connectivity index (χ1) is 7.92. The molecule has 3 rings (SSSR count). The van der Waals surface area contributed by atoms with Crippen molar-refractivity contribution >= 4 is 0 Å². The SMILES string of the molecule is C1CCC(CCN2CC3CCCC3C2)NC1. The van der Waals surface area contributed by atoms with Gasteiger partial charge in [-0.1, -0.05) is 12.8 Å². The van der Waals surface area contributed by atoms with Gasteiger partial charge in [0.2, 0.25) is 0 Å². The maximum absolute atomic E-state index is 3.67. The van der Waals surface area contributed by atoms with Gasteiger partial charge in [0, 0.05) is 19.1 Å². The molecule has 16 heavy (non-hydrogen) atoms. The molecule has 0 aromatic rings. The van der Waals surface area contributed by atoms with Crippen molar-refractivity contribution in [1.82, 2.24) is 10.2 Å². The highest BCUT2D eigenvalue weighted by Gasteiger charge is 2.35. The van der Waals surface area contributed by atoms with Gasteiger partial charge in [0.05, 0.1) is 0 Å². The molecule has 1 N–H and O–H groups in total. The summed E-state index contributed by atoms with van der Waals surface area (Å²) < 4.78 is 0. The zero-order valence-electron chi connectivity index (χ0n) is 10.5. The van der Waals surface area contributed by atoms with E-state index in [1.807, 2.05) is 0 Å². The Morgan fingerprint density at radius 1 is 0.938 bits per heavy atom. The molecule has 0 spiro atoms. The van der Waals surface area contributed by atoms with Gasteiger partial charge < -0.3 is 10.2 Å². The van der Waals surface area contributed by atoms with Crippen LogP contribution in [-0.2, 0) is 0 Å². The third-order valence-corrected chi connectivity index (χ3v) is 5.01. The zero-order valence-corrected chi connectivity index (χ0v) is 10.5. The van der Waals surface area contributed by atoms with Gasteiger partial charge in [0.1, 0.15) is 0 Å². The monoisotopic (exact) mass is 222 g/mol. The van der Waals surface area contributed by atoms with Crippen LogP contribution in [0.1, 0.15) is 44.9 Å². The number of hydrogen-bond donors (Lipinski definition) is 1. The van der Waals surface area contributed by atoms with E-state index < -0.39 is 0 Å². The number of nitrogens with one attached hydrogen (secondary N) is 1. The second-order valence-corrected chi connectivity index (χ2v) is 6.15. The number of nitrogens with zero attached hydrogens (tertiary/aromatic N) is 1. The predicted molar refractivity (Wildman–Crippen MR) is 67.5 cm³/mol. The van der Waals surface area contributed by atoms with Crippen molar-refractivity contribution in [1.29, 1.82) is 0 Å². The largest absolute Gasteiger partial charge is 0.314 e. The summed E-state index contributed by atoms with van der Waals surface area (Å²) in [6.45, 7) is 5.44. The Bertz CT molecular complexity index is 211. The maximum Gasteiger partial charge on any atom is 0.00792 e. The minimum absolute atomic E-state index is 0.828. The van der Waals surface area contributed by atoms with E-state index in [0.717, 1.165) is 17.9 Å². The molecule has 3 unspecified atom stereocenters. The summed E-state index contributed by atoms with van der Waals surface area (Å²) in [4.78, 5) is 2.74. The van der Waals surface area contributed by atoms with Crippen LogP contribution in [0.4, 0.5) is 0 Å². The third kappa shape index (κ3) is 2.43. The van der Waals surface area contributed by atoms with Gasteiger partial charge in [-0.05, 0) is 57.0 Å². The molecule has 3 atom stereocenters. The van der Waals surface area contributed by atoms with Crippen molar-refractivity contribution < 1.29 is 0 Å². The van der Waals surface area contributed by atoms with E-state index in [1.165, 1.54) is 71.1 Å². The first-order valence-electron chi connectivity index (χ1n) is 7.37. The van der Waals surface area contributed by atoms with Gasteiger partial charge in [-0.25, -0.2) is 0 Å². The molecule has 0 amide bonds. The molecule has 2 heterocycles. The summed E-state index contributed by atoms with van der Waals surface area (Å²) in [6.07, 6.45) is 10.2. The minimum Gasteiger partial charge on any atom is -0.314 e. The molecular weight excluding hydrogens is 196 g/mol. The molecule has 2 aliphatic heterocycles. The summed E-state index contributed by atoms with van der Waals surface area (Å²) in [5.74, 6) is 2.14. The molecule has 92 valence electrons. The molecule has 0 bridgehead atoms. The number of hydrogen-bond acceptors (Lipinski definition) is 2. The highest BCUT2D eigenvalue weighted by Crippen LogP contribution is 2.37. The van der Waals surface area contributed by atoms with Gasteiger partial charge >= 0.3 is 0 Å². The highest BCUT2D eigenvalue weighted by molar-refractivity contribution is 4.88. The van der Waals surface area contributed by atoms with Crippen LogP contribution in [0, 0.1) is 11.8 Å². The zero-order chi connectivity index (χ0) is 10.8. The van der Waals surface area contributed by atoms with Crippen molar-refractivity contribution in [3.05, 3.63) is 0 Å². The average molecular weight is 222 g/mol. The van der Waals surface area contributed by atoms with Crippen LogP contribution in [0.15, 0.2) is 0 Å². The highest BCUT2D eigenvalue weighted by atomic mass is 15.2. The second-order valence-electron chi connectivity index (χ2n) is 6.15. The van der Waals surface area contributed by atoms with Crippen LogP contribution < -0.4 is 5.32 Å². The van der Waals surface area contributed by atoms with Crippen molar-refractivity contribution in [2.45, 2.75) is 51.0 Å². The molecule has 1 saturated carbocycles. The second kappa shape index (κ2) is 5.05. The molecule has 0 aromatic heterocycles. The molecule has 1 aliphatic carbocycles. The standard InChI is InChI=1S/C14H26N2/c1-2-8-15-14(6-1)7-9-16-10-12-4-3-5-13(12)11-16/h12-15H,1-11H2. The lowest BCUT2D eigenvalue weighted by Crippen LogP contribution is -2.37. The number of piperidine rings is 1. The van der Waals surface area contributed by atoms with Gasteiger partial charge in [-0.3, -0.25) is 0 Å². The van der Waals surface area contributed by atoms with Crippen LogP contribution in [0.5, 0.6) is 0 Å². The van der Waals surface area contributed by atoms with E-state index in [9.17, 15) is 0 Å². The quantitative estimate of drug-likeness (QED) is 0.788. The van der Waals surface area contributed by atoms with E-state index in [1.54, 1.807) is 0 Å². The average Bonchev–Trinajstić information content (AvgIpc) is 2.88. The molecule has 2 saturated heterocycles. The van der Waals surface area contributed by atoms with Gasteiger partial charge in [0.15, 0.2) is 0 Å². The summed E-state index contributed by atoms with van der Waals surface area (Å²) in [5.41, 5.74) is 0. The van der Waals surface area contributed by atoms with Gasteiger partial charge in [-0.15, -0.1) is 0 Å². The van der Waals surface area contributed by atoms with Crippen LogP contribution in [0.3, 0.4) is 0 Å². The van der Waals surface area contributed by atoms with E-state index in [4.69, 9.17) is 0 Å². The molecule has 3 aliphatic rings. The van der Waals surface area contributed by atoms with E-state index >= 15 is 0 Å². The fraction of sp³-hybridized carbons (Fsp3) is 1.00. The third-order valence-electron chi connectivity index (χ3n) is 5.01. The van der Waals surface area contributed by atoms with Crippen LogP contribution in [0.25, 0.3) is 0 Å². The topological polar surface area (TPSA) is 15.3 Å². The van der Waals surface area contributed by atoms with Gasteiger partial charge in [-0.2, -0.15) is 0 Å². The van der Waals surface area contributed by atoms with Gasteiger partial charge in [0.25, 0.3) is 0 Å². The lowest BCUT2D eigenvalue weighted by molar-refractivity contribution is 0.273. The lowest BCUT2D eigenvalue weighted by atomic mass is 10.0. The first-order valence-corrected chi connectivity index (χ1v) is 7.37. The molecule has 2 heteroatoms. The van der Waals surface area contributed by atoms with Crippen LogP contribution >= 0.6 is 0 Å². The van der Waals surface area contributed by atoms with E-state index in [2.05, 4.69) is 10.2 Å². The fourth-order valence-electron chi connectivity index (χ4n) is 4.02. The number of rotatable bonds is 3. The molecule has 3 fully saturated rings. The maximum atomic E-state index is 3.67. The van der Waals surface area contributed by atoms with Crippen molar-refractivity contribution in [2.24, 2.45) is 11.8 Å². The fourth-order valence-corrected chi connectivity index (χ4v) is 4.02. The smallest absolute Gasteiger partial charge is 0.00792 e. The Balaban J connectivity index is 1.39. The molecule has 2 nitrogen and oxygen atoms in total. The predicted octanol–water partition coefficient (Wildman–Crippen LogP) is 2.25. The Hall–Kier alpha value is -0.0800. The Labute approximate surface area is 99.8 Å².